The van der Waals surface area contributed by atoms with Gasteiger partial charge in [-0.05, 0) is 18.6 Å². The molecule has 19 heavy (non-hydrogen) atoms. The molecule has 5 heteroatoms. The maximum atomic E-state index is 7.76. The molecular formula is C14H18N4S. The highest BCUT2D eigenvalue weighted by Gasteiger charge is 2.16. The molecule has 1 unspecified atom stereocenters. The summed E-state index contributed by atoms with van der Waals surface area (Å²) >= 11 is 1.68. The number of aryl methyl sites for hydroxylation is 2. The van der Waals surface area contributed by atoms with E-state index in [1.807, 2.05) is 55.1 Å². The molecule has 1 atom stereocenters. The van der Waals surface area contributed by atoms with Gasteiger partial charge in [-0.3, -0.25) is 10.1 Å². The minimum Gasteiger partial charge on any atom is -0.387 e. The Hall–Kier alpha value is -1.75. The van der Waals surface area contributed by atoms with Gasteiger partial charge in [0.25, 0.3) is 0 Å². The van der Waals surface area contributed by atoms with Crippen LogP contribution in [0.25, 0.3) is 0 Å². The molecule has 0 fully saturated rings. The van der Waals surface area contributed by atoms with Crippen LogP contribution in [0, 0.1) is 12.3 Å². The third kappa shape index (κ3) is 3.38. The van der Waals surface area contributed by atoms with Gasteiger partial charge in [0, 0.05) is 12.8 Å². The van der Waals surface area contributed by atoms with E-state index in [2.05, 4.69) is 5.10 Å². The van der Waals surface area contributed by atoms with E-state index >= 15 is 0 Å². The topological polar surface area (TPSA) is 67.7 Å². The molecule has 2 aromatic rings. The van der Waals surface area contributed by atoms with Crippen LogP contribution in [-0.2, 0) is 7.05 Å². The van der Waals surface area contributed by atoms with E-state index in [-0.39, 0.29) is 11.8 Å². The van der Waals surface area contributed by atoms with Gasteiger partial charge in [0.1, 0.15) is 0 Å². The Morgan fingerprint density at radius 1 is 1.42 bits per heavy atom. The maximum Gasteiger partial charge on any atom is 0.0990 e. The lowest BCUT2D eigenvalue weighted by atomic mass is 10.0. The molecule has 1 aromatic carbocycles. The van der Waals surface area contributed by atoms with Crippen molar-refractivity contribution in [1.29, 1.82) is 5.41 Å². The number of aromatic nitrogens is 2. The fraction of sp³-hybridized carbons (Fsp3) is 0.286. The molecule has 1 aromatic heterocycles. The number of hydrogen-bond acceptors (Lipinski definition) is 3. The van der Waals surface area contributed by atoms with Gasteiger partial charge in [-0.1, -0.05) is 30.3 Å². The first-order valence-electron chi connectivity index (χ1n) is 6.10. The fourth-order valence-corrected chi connectivity index (χ4v) is 3.13. The largest absolute Gasteiger partial charge is 0.387 e. The molecule has 0 aliphatic rings. The molecule has 0 spiro atoms. The van der Waals surface area contributed by atoms with Crippen molar-refractivity contribution in [2.24, 2.45) is 12.8 Å². The van der Waals surface area contributed by atoms with Crippen LogP contribution in [-0.4, -0.2) is 21.4 Å². The highest BCUT2D eigenvalue weighted by Crippen LogP contribution is 2.26. The SMILES string of the molecule is Cc1cc(SCC(C(=N)N)c2ccccc2)n(C)n1. The minimum atomic E-state index is -0.0543. The Morgan fingerprint density at radius 2 is 2.11 bits per heavy atom. The van der Waals surface area contributed by atoms with E-state index in [9.17, 15) is 0 Å². The van der Waals surface area contributed by atoms with E-state index < -0.39 is 0 Å². The van der Waals surface area contributed by atoms with Crippen LogP contribution in [0.5, 0.6) is 0 Å². The lowest BCUT2D eigenvalue weighted by Gasteiger charge is -2.15. The molecule has 0 saturated carbocycles. The molecule has 0 saturated heterocycles. The number of nitrogens with one attached hydrogen (secondary N) is 1. The molecule has 1 heterocycles. The van der Waals surface area contributed by atoms with E-state index in [1.54, 1.807) is 11.8 Å². The first kappa shape index (κ1) is 13.7. The molecule has 100 valence electrons. The van der Waals surface area contributed by atoms with Gasteiger partial charge in [0.05, 0.1) is 22.5 Å². The summed E-state index contributed by atoms with van der Waals surface area (Å²) in [5.41, 5.74) is 7.81. The molecule has 3 N–H and O–H groups in total. The second-order valence-corrected chi connectivity index (χ2v) is 5.52. The van der Waals surface area contributed by atoms with Crippen molar-refractivity contribution in [3.05, 3.63) is 47.7 Å². The predicted molar refractivity (Wildman–Crippen MR) is 79.8 cm³/mol. The maximum absolute atomic E-state index is 7.76. The number of nitrogens with zero attached hydrogens (tertiary/aromatic N) is 2. The third-order valence-electron chi connectivity index (χ3n) is 2.93. The van der Waals surface area contributed by atoms with E-state index in [1.165, 1.54) is 0 Å². The number of nitrogens with two attached hydrogens (primary N) is 1. The van der Waals surface area contributed by atoms with Gasteiger partial charge < -0.3 is 5.73 Å². The molecule has 0 radical (unpaired) electrons. The van der Waals surface area contributed by atoms with Crippen molar-refractivity contribution in [3.8, 4) is 0 Å². The zero-order valence-corrected chi connectivity index (χ0v) is 11.9. The Morgan fingerprint density at radius 3 is 2.63 bits per heavy atom. The highest BCUT2D eigenvalue weighted by molar-refractivity contribution is 7.99. The summed E-state index contributed by atoms with van der Waals surface area (Å²) < 4.78 is 1.86. The molecule has 2 rings (SSSR count). The third-order valence-corrected chi connectivity index (χ3v) is 4.11. The van der Waals surface area contributed by atoms with Crippen molar-refractivity contribution in [3.63, 3.8) is 0 Å². The second kappa shape index (κ2) is 5.93. The summed E-state index contributed by atoms with van der Waals surface area (Å²) in [4.78, 5) is 0. The van der Waals surface area contributed by atoms with Crippen LogP contribution in [0.1, 0.15) is 17.2 Å². The van der Waals surface area contributed by atoms with Gasteiger partial charge in [0.15, 0.2) is 0 Å². The summed E-state index contributed by atoms with van der Waals surface area (Å²) in [6, 6.07) is 12.0. The van der Waals surface area contributed by atoms with Crippen LogP contribution in [0.4, 0.5) is 0 Å². The molecule has 0 bridgehead atoms. The van der Waals surface area contributed by atoms with E-state index in [4.69, 9.17) is 11.1 Å². The van der Waals surface area contributed by atoms with Crippen molar-refractivity contribution in [2.75, 3.05) is 5.75 Å². The normalized spacial score (nSPS) is 12.3. The summed E-state index contributed by atoms with van der Waals surface area (Å²) in [7, 11) is 1.93. The van der Waals surface area contributed by atoms with Gasteiger partial charge in [0.2, 0.25) is 0 Å². The lowest BCUT2D eigenvalue weighted by Crippen LogP contribution is -2.22. The quantitative estimate of drug-likeness (QED) is 0.500. The monoisotopic (exact) mass is 274 g/mol. The predicted octanol–water partition coefficient (Wildman–Crippen LogP) is 2.54. The number of amidine groups is 1. The van der Waals surface area contributed by atoms with Crippen molar-refractivity contribution in [2.45, 2.75) is 17.9 Å². The Kier molecular flexibility index (Phi) is 4.27. The number of thioether (sulfide) groups is 1. The summed E-state index contributed by atoms with van der Waals surface area (Å²) in [6.45, 7) is 1.98. The zero-order chi connectivity index (χ0) is 13.8. The van der Waals surface area contributed by atoms with Crippen molar-refractivity contribution >= 4 is 17.6 Å². The molecular weight excluding hydrogens is 256 g/mol. The number of hydrogen-bond donors (Lipinski definition) is 2. The van der Waals surface area contributed by atoms with Gasteiger partial charge >= 0.3 is 0 Å². The highest BCUT2D eigenvalue weighted by atomic mass is 32.2. The zero-order valence-electron chi connectivity index (χ0n) is 11.1. The van der Waals surface area contributed by atoms with Gasteiger partial charge in [-0.15, -0.1) is 11.8 Å². The van der Waals surface area contributed by atoms with Crippen LogP contribution in [0.3, 0.4) is 0 Å². The lowest BCUT2D eigenvalue weighted by molar-refractivity contribution is 0.692. The average Bonchev–Trinajstić information content (AvgIpc) is 2.69. The van der Waals surface area contributed by atoms with E-state index in [0.29, 0.717) is 0 Å². The summed E-state index contributed by atoms with van der Waals surface area (Å²) in [5, 5.41) is 13.2. The first-order valence-corrected chi connectivity index (χ1v) is 7.09. The molecule has 0 aliphatic heterocycles. The molecule has 0 amide bonds. The Balaban J connectivity index is 2.10. The van der Waals surface area contributed by atoms with E-state index in [0.717, 1.165) is 22.0 Å². The smallest absolute Gasteiger partial charge is 0.0990 e. The Bertz CT molecular complexity index is 562. The van der Waals surface area contributed by atoms with Crippen molar-refractivity contribution in [1.82, 2.24) is 9.78 Å². The second-order valence-electron chi connectivity index (χ2n) is 4.48. The number of rotatable bonds is 5. The first-order chi connectivity index (χ1) is 9.08. The number of benzene rings is 1. The van der Waals surface area contributed by atoms with Crippen molar-refractivity contribution < 1.29 is 0 Å². The summed E-state index contributed by atoms with van der Waals surface area (Å²) in [5.74, 6) is 0.900. The summed E-state index contributed by atoms with van der Waals surface area (Å²) in [6.07, 6.45) is 0. The van der Waals surface area contributed by atoms with Gasteiger partial charge in [-0.2, -0.15) is 5.10 Å². The van der Waals surface area contributed by atoms with Crippen LogP contribution in [0.15, 0.2) is 41.4 Å². The minimum absolute atomic E-state index is 0.0543. The molecule has 0 aliphatic carbocycles. The van der Waals surface area contributed by atoms with Crippen LogP contribution >= 0.6 is 11.8 Å². The van der Waals surface area contributed by atoms with Crippen LogP contribution < -0.4 is 5.73 Å². The standard InChI is InChI=1S/C14H18N4S/c1-10-8-13(18(2)17-10)19-9-12(14(15)16)11-6-4-3-5-7-11/h3-8,12H,9H2,1-2H3,(H3,15,16). The Labute approximate surface area is 117 Å². The average molecular weight is 274 g/mol. The van der Waals surface area contributed by atoms with Crippen LogP contribution in [0.2, 0.25) is 0 Å². The molecule has 4 nitrogen and oxygen atoms in total. The van der Waals surface area contributed by atoms with Gasteiger partial charge in [-0.25, -0.2) is 0 Å². The fourth-order valence-electron chi connectivity index (χ4n) is 1.94.